The van der Waals surface area contributed by atoms with Gasteiger partial charge < -0.3 is 0 Å². The van der Waals surface area contributed by atoms with E-state index < -0.39 is 17.3 Å². The fourth-order valence-corrected chi connectivity index (χ4v) is 3.30. The summed E-state index contributed by atoms with van der Waals surface area (Å²) in [7, 11) is 0. The number of aromatic nitrogens is 1. The summed E-state index contributed by atoms with van der Waals surface area (Å²) < 4.78 is 39.9. The van der Waals surface area contributed by atoms with Crippen LogP contribution in [0.2, 0.25) is 0 Å². The number of halogens is 4. The van der Waals surface area contributed by atoms with Gasteiger partial charge in [0.1, 0.15) is 11.1 Å². The van der Waals surface area contributed by atoms with Crippen molar-refractivity contribution in [3.8, 4) is 6.07 Å². The van der Waals surface area contributed by atoms with Crippen molar-refractivity contribution in [3.63, 3.8) is 0 Å². The van der Waals surface area contributed by atoms with Crippen LogP contribution in [0.1, 0.15) is 22.4 Å². The summed E-state index contributed by atoms with van der Waals surface area (Å²) in [6, 6.07) is 9.98. The first-order chi connectivity index (χ1) is 10.3. The number of hydrogen-bond donors (Lipinski definition) is 0. The Balaban J connectivity index is 2.35. The van der Waals surface area contributed by atoms with Crippen LogP contribution in [0.25, 0.3) is 0 Å². The largest absolute Gasteiger partial charge is 0.417 e. The lowest BCUT2D eigenvalue weighted by molar-refractivity contribution is -0.138. The van der Waals surface area contributed by atoms with E-state index in [9.17, 15) is 13.2 Å². The van der Waals surface area contributed by atoms with Crippen LogP contribution in [0.15, 0.2) is 39.8 Å². The van der Waals surface area contributed by atoms with E-state index >= 15 is 0 Å². The third-order valence-corrected chi connectivity index (χ3v) is 4.34. The highest BCUT2D eigenvalue weighted by Gasteiger charge is 2.35. The lowest BCUT2D eigenvalue weighted by Gasteiger charge is -2.12. The van der Waals surface area contributed by atoms with Gasteiger partial charge in [0.05, 0.1) is 11.1 Å². The van der Waals surface area contributed by atoms with Crippen LogP contribution in [-0.2, 0) is 11.9 Å². The van der Waals surface area contributed by atoms with Crippen LogP contribution >= 0.6 is 27.7 Å². The molecule has 0 radical (unpaired) electrons. The Hall–Kier alpha value is -1.52. The average molecular weight is 387 g/mol. The molecule has 2 aromatic rings. The van der Waals surface area contributed by atoms with Crippen molar-refractivity contribution in [2.75, 3.05) is 0 Å². The lowest BCUT2D eigenvalue weighted by atomic mass is 10.1. The van der Waals surface area contributed by atoms with Gasteiger partial charge in [-0.05, 0) is 30.7 Å². The standard InChI is InChI=1S/C15H10BrF3N2S/c1-9-5-13(15(17,18)19)12(7-20)14(21-9)22-8-10-3-2-4-11(16)6-10/h2-6H,8H2,1H3. The molecule has 0 saturated heterocycles. The van der Waals surface area contributed by atoms with Crippen molar-refractivity contribution in [2.45, 2.75) is 23.9 Å². The maximum absolute atomic E-state index is 13.0. The Labute approximate surface area is 138 Å². The monoisotopic (exact) mass is 386 g/mol. The Kier molecular flexibility index (Phi) is 5.14. The molecule has 0 bridgehead atoms. The minimum absolute atomic E-state index is 0.106. The van der Waals surface area contributed by atoms with Gasteiger partial charge in [0.25, 0.3) is 0 Å². The topological polar surface area (TPSA) is 36.7 Å². The van der Waals surface area contributed by atoms with E-state index in [-0.39, 0.29) is 10.7 Å². The number of alkyl halides is 3. The summed E-state index contributed by atoms with van der Waals surface area (Å²) in [5, 5.41) is 9.19. The highest BCUT2D eigenvalue weighted by atomic mass is 79.9. The van der Waals surface area contributed by atoms with E-state index in [0.29, 0.717) is 5.75 Å². The molecule has 2 rings (SSSR count). The summed E-state index contributed by atoms with van der Waals surface area (Å²) in [5.41, 5.74) is -0.180. The molecular formula is C15H10BrF3N2S. The van der Waals surface area contributed by atoms with Crippen molar-refractivity contribution in [1.29, 1.82) is 5.26 Å². The van der Waals surface area contributed by atoms with Crippen molar-refractivity contribution in [2.24, 2.45) is 0 Å². The van der Waals surface area contributed by atoms with Crippen LogP contribution in [0.4, 0.5) is 13.2 Å². The van der Waals surface area contributed by atoms with Gasteiger partial charge in [0.2, 0.25) is 0 Å². The van der Waals surface area contributed by atoms with Crippen molar-refractivity contribution in [3.05, 3.63) is 57.2 Å². The second-order valence-electron chi connectivity index (χ2n) is 4.52. The minimum Gasteiger partial charge on any atom is -0.245 e. The molecule has 0 saturated carbocycles. The van der Waals surface area contributed by atoms with Gasteiger partial charge in [-0.1, -0.05) is 28.1 Å². The quantitative estimate of drug-likeness (QED) is 0.668. The molecule has 2 nitrogen and oxygen atoms in total. The molecule has 0 unspecified atom stereocenters. The maximum Gasteiger partial charge on any atom is 0.417 e. The van der Waals surface area contributed by atoms with Crippen molar-refractivity contribution >= 4 is 27.7 Å². The van der Waals surface area contributed by atoms with E-state index in [1.165, 1.54) is 6.92 Å². The summed E-state index contributed by atoms with van der Waals surface area (Å²) in [4.78, 5) is 4.08. The minimum atomic E-state index is -4.57. The van der Waals surface area contributed by atoms with Crippen LogP contribution in [-0.4, -0.2) is 4.98 Å². The fraction of sp³-hybridized carbons (Fsp3) is 0.200. The Morgan fingerprint density at radius 1 is 1.32 bits per heavy atom. The van der Waals surface area contributed by atoms with Crippen LogP contribution in [0.5, 0.6) is 0 Å². The third kappa shape index (κ3) is 4.02. The first kappa shape index (κ1) is 16.8. The molecule has 1 aromatic heterocycles. The first-order valence-corrected chi connectivity index (χ1v) is 7.95. The molecule has 0 N–H and O–H groups in total. The number of thioether (sulfide) groups is 1. The van der Waals surface area contributed by atoms with Gasteiger partial charge in [-0.2, -0.15) is 18.4 Å². The molecule has 0 spiro atoms. The Morgan fingerprint density at radius 3 is 2.64 bits per heavy atom. The molecule has 0 amide bonds. The van der Waals surface area contributed by atoms with Crippen molar-refractivity contribution in [1.82, 2.24) is 4.98 Å². The van der Waals surface area contributed by atoms with Crippen LogP contribution < -0.4 is 0 Å². The van der Waals surface area contributed by atoms with Gasteiger partial charge in [0, 0.05) is 15.9 Å². The smallest absolute Gasteiger partial charge is 0.245 e. The zero-order valence-corrected chi connectivity index (χ0v) is 13.8. The molecule has 7 heteroatoms. The molecule has 22 heavy (non-hydrogen) atoms. The van der Waals surface area contributed by atoms with E-state index in [1.54, 1.807) is 6.07 Å². The summed E-state index contributed by atoms with van der Waals surface area (Å²) in [6.45, 7) is 1.49. The Morgan fingerprint density at radius 2 is 2.05 bits per heavy atom. The van der Waals surface area contributed by atoms with E-state index in [2.05, 4.69) is 20.9 Å². The summed E-state index contributed by atoms with van der Waals surface area (Å²) >= 11 is 4.46. The molecular weight excluding hydrogens is 377 g/mol. The highest BCUT2D eigenvalue weighted by Crippen LogP contribution is 2.36. The molecule has 0 fully saturated rings. The molecule has 0 atom stereocenters. The molecule has 0 aliphatic carbocycles. The van der Waals surface area contributed by atoms with Crippen LogP contribution in [0.3, 0.4) is 0 Å². The zero-order valence-electron chi connectivity index (χ0n) is 11.4. The van der Waals surface area contributed by atoms with E-state index in [4.69, 9.17) is 5.26 Å². The maximum atomic E-state index is 13.0. The first-order valence-electron chi connectivity index (χ1n) is 6.17. The zero-order chi connectivity index (χ0) is 16.3. The molecule has 0 aliphatic heterocycles. The highest BCUT2D eigenvalue weighted by molar-refractivity contribution is 9.10. The summed E-state index contributed by atoms with van der Waals surface area (Å²) in [6.07, 6.45) is -4.57. The van der Waals surface area contributed by atoms with Crippen molar-refractivity contribution < 1.29 is 13.2 Å². The third-order valence-electron chi connectivity index (χ3n) is 2.80. The van der Waals surface area contributed by atoms with Gasteiger partial charge in [-0.15, -0.1) is 11.8 Å². The predicted molar refractivity (Wildman–Crippen MR) is 82.4 cm³/mol. The van der Waals surface area contributed by atoms with Gasteiger partial charge in [-0.3, -0.25) is 0 Å². The van der Waals surface area contributed by atoms with Gasteiger partial charge >= 0.3 is 6.18 Å². The number of benzene rings is 1. The number of nitriles is 1. The number of rotatable bonds is 3. The fourth-order valence-electron chi connectivity index (χ4n) is 1.86. The number of nitrogens with zero attached hydrogens (tertiary/aromatic N) is 2. The second kappa shape index (κ2) is 6.71. The molecule has 1 aromatic carbocycles. The second-order valence-corrected chi connectivity index (χ2v) is 6.40. The van der Waals surface area contributed by atoms with E-state index in [0.717, 1.165) is 27.9 Å². The molecule has 114 valence electrons. The number of pyridine rings is 1. The molecule has 1 heterocycles. The van der Waals surface area contributed by atoms with Gasteiger partial charge in [0.15, 0.2) is 0 Å². The predicted octanol–water partition coefficient (Wildman–Crippen LogP) is 5.34. The molecule has 0 aliphatic rings. The van der Waals surface area contributed by atoms with Crippen LogP contribution in [0, 0.1) is 18.3 Å². The Bertz CT molecular complexity index is 739. The summed E-state index contributed by atoms with van der Waals surface area (Å²) in [5.74, 6) is 0.432. The normalized spacial score (nSPS) is 11.3. The van der Waals surface area contributed by atoms with E-state index in [1.807, 2.05) is 24.3 Å². The average Bonchev–Trinajstić information content (AvgIpc) is 2.43. The SMILES string of the molecule is Cc1cc(C(F)(F)F)c(C#N)c(SCc2cccc(Br)c2)n1. The lowest BCUT2D eigenvalue weighted by Crippen LogP contribution is -2.10. The number of aryl methyl sites for hydroxylation is 1. The number of hydrogen-bond acceptors (Lipinski definition) is 3. The van der Waals surface area contributed by atoms with Gasteiger partial charge in [-0.25, -0.2) is 4.98 Å².